The number of hydrogen-bond donors (Lipinski definition) is 0. The van der Waals surface area contributed by atoms with E-state index in [9.17, 15) is 4.79 Å². The lowest BCUT2D eigenvalue weighted by molar-refractivity contribution is 0.0379. The molecule has 0 heterocycles. The van der Waals surface area contributed by atoms with Crippen LogP contribution in [0, 0.1) is 0 Å². The van der Waals surface area contributed by atoms with E-state index in [1.165, 1.54) is 11.1 Å². The lowest BCUT2D eigenvalue weighted by atomic mass is 10.1. The van der Waals surface area contributed by atoms with Crippen molar-refractivity contribution in [2.45, 2.75) is 53.1 Å². The van der Waals surface area contributed by atoms with Gasteiger partial charge in [-0.3, -0.25) is 0 Å². The van der Waals surface area contributed by atoms with Gasteiger partial charge < -0.3 is 4.74 Å². The molecule has 112 valence electrons. The summed E-state index contributed by atoms with van der Waals surface area (Å²) >= 11 is 0. The second kappa shape index (κ2) is 6.30. The van der Waals surface area contributed by atoms with Crippen molar-refractivity contribution in [2.24, 2.45) is 0 Å². The highest BCUT2D eigenvalue weighted by atomic mass is 16.5. The van der Waals surface area contributed by atoms with E-state index in [0.717, 1.165) is 17.5 Å². The van der Waals surface area contributed by atoms with E-state index < -0.39 is 0 Å². The average Bonchev–Trinajstić information content (AvgIpc) is 2.61. The summed E-state index contributed by atoms with van der Waals surface area (Å²) in [7, 11) is 0. The number of carbonyl (C=O) groups is 1. The number of rotatable bonds is 4. The quantitative estimate of drug-likeness (QED) is 0.735. The summed E-state index contributed by atoms with van der Waals surface area (Å²) in [6.45, 7) is 10.2. The van der Waals surface area contributed by atoms with E-state index in [0.29, 0.717) is 11.5 Å². The third-order valence-electron chi connectivity index (χ3n) is 3.74. The molecule has 21 heavy (non-hydrogen) atoms. The van der Waals surface area contributed by atoms with Crippen molar-refractivity contribution in [1.82, 2.24) is 0 Å². The van der Waals surface area contributed by atoms with Gasteiger partial charge in [0.1, 0.15) is 0 Å². The van der Waals surface area contributed by atoms with E-state index in [1.54, 1.807) is 0 Å². The standard InChI is InChI=1S/C19H24O2/c1-6-14-11-18(19(20)21-13(4)5)17-10-8-15(12(2)3)7-9-16(14)17/h7-13H,6H2,1-5H3. The van der Waals surface area contributed by atoms with Gasteiger partial charge >= 0.3 is 5.97 Å². The lowest BCUT2D eigenvalue weighted by Crippen LogP contribution is -2.11. The van der Waals surface area contributed by atoms with Crippen LogP contribution >= 0.6 is 0 Å². The Morgan fingerprint density at radius 3 is 2.19 bits per heavy atom. The molecule has 0 bridgehead atoms. The number of hydrogen-bond acceptors (Lipinski definition) is 2. The molecule has 0 spiro atoms. The van der Waals surface area contributed by atoms with E-state index in [4.69, 9.17) is 4.74 Å². The number of aryl methyl sites for hydroxylation is 1. The monoisotopic (exact) mass is 284 g/mol. The Labute approximate surface area is 127 Å². The highest BCUT2D eigenvalue weighted by Crippen LogP contribution is 2.34. The zero-order chi connectivity index (χ0) is 15.6. The number of ether oxygens (including phenoxy) is 1. The molecule has 0 N–H and O–H groups in total. The summed E-state index contributed by atoms with van der Waals surface area (Å²) in [4.78, 5) is 12.3. The molecular formula is C19H24O2. The molecule has 2 aliphatic rings. The molecule has 0 amide bonds. The fourth-order valence-corrected chi connectivity index (χ4v) is 2.56. The maximum Gasteiger partial charge on any atom is 0.339 e. The molecule has 0 aliphatic heterocycles. The van der Waals surface area contributed by atoms with E-state index in [1.807, 2.05) is 19.9 Å². The Balaban J connectivity index is 2.55. The molecule has 0 aromatic rings. The van der Waals surface area contributed by atoms with Crippen molar-refractivity contribution in [3.8, 4) is 11.1 Å². The van der Waals surface area contributed by atoms with Crippen LogP contribution in [0.2, 0.25) is 0 Å². The molecule has 0 unspecified atom stereocenters. The Morgan fingerprint density at radius 2 is 1.67 bits per heavy atom. The molecule has 0 aromatic carbocycles. The highest BCUT2D eigenvalue weighted by Gasteiger charge is 2.21. The van der Waals surface area contributed by atoms with Crippen LogP contribution in [0.15, 0.2) is 30.3 Å². The Hall–Kier alpha value is -1.83. The summed E-state index contributed by atoms with van der Waals surface area (Å²) in [5.74, 6) is 0.240. The van der Waals surface area contributed by atoms with E-state index >= 15 is 0 Å². The first-order valence-electron chi connectivity index (χ1n) is 7.70. The van der Waals surface area contributed by atoms with Gasteiger partial charge in [0.2, 0.25) is 0 Å². The van der Waals surface area contributed by atoms with Crippen LogP contribution in [-0.4, -0.2) is 12.1 Å². The van der Waals surface area contributed by atoms with Crippen LogP contribution in [0.1, 0.15) is 62.0 Å². The molecule has 0 aromatic heterocycles. The zero-order valence-corrected chi connectivity index (χ0v) is 13.6. The fourth-order valence-electron chi connectivity index (χ4n) is 2.56. The lowest BCUT2D eigenvalue weighted by Gasteiger charge is -2.07. The molecule has 2 nitrogen and oxygen atoms in total. The maximum absolute atomic E-state index is 12.3. The predicted molar refractivity (Wildman–Crippen MR) is 87.1 cm³/mol. The second-order valence-corrected chi connectivity index (χ2v) is 6.04. The summed E-state index contributed by atoms with van der Waals surface area (Å²) in [6.07, 6.45) is 0.808. The molecule has 2 aliphatic carbocycles. The van der Waals surface area contributed by atoms with Gasteiger partial charge in [-0.1, -0.05) is 45.0 Å². The summed E-state index contributed by atoms with van der Waals surface area (Å²) in [6, 6.07) is 10.4. The van der Waals surface area contributed by atoms with Gasteiger partial charge in [0.05, 0.1) is 11.7 Å². The number of carbonyl (C=O) groups excluding carboxylic acids is 1. The summed E-state index contributed by atoms with van der Waals surface area (Å²) < 4.78 is 5.37. The first-order valence-corrected chi connectivity index (χ1v) is 7.70. The average molecular weight is 284 g/mol. The van der Waals surface area contributed by atoms with E-state index in [2.05, 4.69) is 45.0 Å². The number of esters is 1. The van der Waals surface area contributed by atoms with Gasteiger partial charge in [-0.05, 0) is 54.5 Å². The maximum atomic E-state index is 12.3. The molecule has 0 atom stereocenters. The SMILES string of the molecule is CCc1cc(C(=O)OC(C)C)c2ccc(C(C)C)ccc1-2. The van der Waals surface area contributed by atoms with Gasteiger partial charge in [0.25, 0.3) is 0 Å². The summed E-state index contributed by atoms with van der Waals surface area (Å²) in [5.41, 5.74) is 5.30. The molecule has 0 saturated heterocycles. The van der Waals surface area contributed by atoms with Crippen molar-refractivity contribution >= 4 is 5.97 Å². The van der Waals surface area contributed by atoms with Crippen LogP contribution in [-0.2, 0) is 11.2 Å². The predicted octanol–water partition coefficient (Wildman–Crippen LogP) is 5.04. The Morgan fingerprint density at radius 1 is 1.05 bits per heavy atom. The van der Waals surface area contributed by atoms with Crippen LogP contribution in [0.3, 0.4) is 0 Å². The van der Waals surface area contributed by atoms with Crippen LogP contribution < -0.4 is 0 Å². The van der Waals surface area contributed by atoms with Crippen LogP contribution in [0.25, 0.3) is 11.1 Å². The Kier molecular flexibility index (Phi) is 4.66. The smallest absolute Gasteiger partial charge is 0.339 e. The minimum atomic E-state index is -0.230. The van der Waals surface area contributed by atoms with Crippen molar-refractivity contribution in [3.05, 3.63) is 47.0 Å². The van der Waals surface area contributed by atoms with Gasteiger partial charge in [-0.2, -0.15) is 0 Å². The molecule has 2 heteroatoms. The largest absolute Gasteiger partial charge is 0.459 e. The topological polar surface area (TPSA) is 26.3 Å². The van der Waals surface area contributed by atoms with Gasteiger partial charge in [-0.25, -0.2) is 4.79 Å². The first-order chi connectivity index (χ1) is 9.93. The molecule has 0 radical (unpaired) electrons. The minimum absolute atomic E-state index is 0.101. The highest BCUT2D eigenvalue weighted by molar-refractivity contribution is 6.00. The second-order valence-electron chi connectivity index (χ2n) is 6.04. The molecule has 0 saturated carbocycles. The van der Waals surface area contributed by atoms with Crippen molar-refractivity contribution in [2.75, 3.05) is 0 Å². The van der Waals surface area contributed by atoms with Crippen LogP contribution in [0.4, 0.5) is 0 Å². The molecule has 0 fully saturated rings. The van der Waals surface area contributed by atoms with Gasteiger partial charge in [0, 0.05) is 0 Å². The number of fused-ring (bicyclic) bond motifs is 1. The van der Waals surface area contributed by atoms with Crippen molar-refractivity contribution < 1.29 is 9.53 Å². The van der Waals surface area contributed by atoms with Crippen molar-refractivity contribution in [3.63, 3.8) is 0 Å². The minimum Gasteiger partial charge on any atom is -0.459 e. The molecule has 2 rings (SSSR count). The normalized spacial score (nSPS) is 11.4. The fraction of sp³-hybridized carbons (Fsp3) is 0.421. The third-order valence-corrected chi connectivity index (χ3v) is 3.74. The van der Waals surface area contributed by atoms with Crippen LogP contribution in [0.5, 0.6) is 0 Å². The summed E-state index contributed by atoms with van der Waals surface area (Å²) in [5, 5.41) is 0. The first kappa shape index (κ1) is 15.6. The Bertz CT molecular complexity index is 611. The van der Waals surface area contributed by atoms with Gasteiger partial charge in [-0.15, -0.1) is 0 Å². The third kappa shape index (κ3) is 3.26. The molecular weight excluding hydrogens is 260 g/mol. The zero-order valence-electron chi connectivity index (χ0n) is 13.6. The van der Waals surface area contributed by atoms with Crippen molar-refractivity contribution in [1.29, 1.82) is 0 Å². The van der Waals surface area contributed by atoms with E-state index in [-0.39, 0.29) is 12.1 Å². The van der Waals surface area contributed by atoms with Gasteiger partial charge in [0.15, 0.2) is 0 Å².